The second kappa shape index (κ2) is 15.1. The summed E-state index contributed by atoms with van der Waals surface area (Å²) in [4.78, 5) is 42.1. The molecule has 4 aromatic heterocycles. The number of rotatable bonds is 8. The molecule has 0 aliphatic carbocycles. The van der Waals surface area contributed by atoms with Gasteiger partial charge in [-0.25, -0.2) is 18.4 Å². The van der Waals surface area contributed by atoms with E-state index in [1.807, 2.05) is 18.2 Å². The predicted molar refractivity (Wildman–Crippen MR) is 198 cm³/mol. The molecule has 0 spiro atoms. The molecule has 260 valence electrons. The van der Waals surface area contributed by atoms with Crippen molar-refractivity contribution >= 4 is 61.1 Å². The standard InChI is InChI=1S/C20H23ClN4O2.C15H12ClN3O3S/c1-12(2)8-14(11-26)23-20-22-10-13-9-16(15-6-4-5-7-17(15)21)19(27)25(3)18(13)24-20;1-19-13-9(8-17-15(18-13)23(2,21)22)7-11(14(19)20)10-5-3-4-6-12(10)16/h4-7,9-10,12,14,26H,8,11H2,1-3H3,(H,22,23,24);3-8H,1-2H3. The van der Waals surface area contributed by atoms with Crippen LogP contribution in [0.2, 0.25) is 10.0 Å². The van der Waals surface area contributed by atoms with Gasteiger partial charge in [-0.15, -0.1) is 0 Å². The van der Waals surface area contributed by atoms with Gasteiger partial charge in [0.2, 0.25) is 20.9 Å². The van der Waals surface area contributed by atoms with Gasteiger partial charge < -0.3 is 10.4 Å². The van der Waals surface area contributed by atoms with Crippen LogP contribution in [-0.2, 0) is 23.9 Å². The number of aromatic nitrogens is 6. The van der Waals surface area contributed by atoms with Gasteiger partial charge in [-0.2, -0.15) is 9.97 Å². The van der Waals surface area contributed by atoms with Crippen molar-refractivity contribution in [1.82, 2.24) is 29.1 Å². The van der Waals surface area contributed by atoms with Crippen molar-refractivity contribution in [3.63, 3.8) is 0 Å². The zero-order valence-corrected chi connectivity index (χ0v) is 30.3. The Morgan fingerprint density at radius 1 is 0.780 bits per heavy atom. The molecule has 0 saturated heterocycles. The smallest absolute Gasteiger partial charge is 0.259 e. The molecule has 2 aromatic carbocycles. The van der Waals surface area contributed by atoms with Crippen LogP contribution in [0.25, 0.3) is 44.3 Å². The predicted octanol–water partition coefficient (Wildman–Crippen LogP) is 5.52. The van der Waals surface area contributed by atoms with Gasteiger partial charge in [0.05, 0.1) is 12.6 Å². The van der Waals surface area contributed by atoms with Crippen LogP contribution in [-0.4, -0.2) is 61.5 Å². The lowest BCUT2D eigenvalue weighted by Crippen LogP contribution is -2.27. The van der Waals surface area contributed by atoms with Gasteiger partial charge in [-0.05, 0) is 36.6 Å². The summed E-state index contributed by atoms with van der Waals surface area (Å²) in [7, 11) is -0.340. The number of nitrogens with one attached hydrogen (secondary N) is 1. The Kier molecular flexibility index (Phi) is 11.0. The number of nitrogens with zero attached hydrogens (tertiary/aromatic N) is 6. The van der Waals surface area contributed by atoms with Crippen molar-refractivity contribution in [2.24, 2.45) is 20.0 Å². The minimum Gasteiger partial charge on any atom is -0.394 e. The van der Waals surface area contributed by atoms with E-state index in [9.17, 15) is 23.1 Å². The molecule has 0 saturated carbocycles. The van der Waals surface area contributed by atoms with Crippen LogP contribution in [0.3, 0.4) is 0 Å². The molecule has 0 aliphatic rings. The second-order valence-corrected chi connectivity index (χ2v) is 14.9. The van der Waals surface area contributed by atoms with Crippen LogP contribution in [0.15, 0.2) is 87.8 Å². The Morgan fingerprint density at radius 3 is 1.72 bits per heavy atom. The van der Waals surface area contributed by atoms with Gasteiger partial charge in [-0.3, -0.25) is 18.7 Å². The number of halogens is 2. The summed E-state index contributed by atoms with van der Waals surface area (Å²) in [6.07, 6.45) is 4.87. The Labute approximate surface area is 298 Å². The average molecular weight is 737 g/mol. The molecule has 1 atom stereocenters. The fourth-order valence-electron chi connectivity index (χ4n) is 5.40. The van der Waals surface area contributed by atoms with Gasteiger partial charge in [0.25, 0.3) is 11.1 Å². The number of benzene rings is 2. The van der Waals surface area contributed by atoms with E-state index in [1.54, 1.807) is 55.7 Å². The van der Waals surface area contributed by atoms with Gasteiger partial charge >= 0.3 is 0 Å². The first-order valence-corrected chi connectivity index (χ1v) is 18.1. The molecular weight excluding hydrogens is 701 g/mol. The van der Waals surface area contributed by atoms with Gasteiger partial charge in [0.15, 0.2) is 0 Å². The third kappa shape index (κ3) is 7.86. The van der Waals surface area contributed by atoms with Crippen LogP contribution in [0.5, 0.6) is 0 Å². The number of aryl methyl sites for hydroxylation is 2. The fourth-order valence-corrected chi connectivity index (χ4v) is 6.37. The number of sulfone groups is 1. The molecule has 6 rings (SSSR count). The molecule has 6 aromatic rings. The third-order valence-electron chi connectivity index (χ3n) is 7.84. The Hall–Kier alpha value is -4.69. The lowest BCUT2D eigenvalue weighted by Gasteiger charge is -2.18. The van der Waals surface area contributed by atoms with Gasteiger partial charge in [0.1, 0.15) is 11.3 Å². The normalized spacial score (nSPS) is 12.2. The van der Waals surface area contributed by atoms with Gasteiger partial charge in [-0.1, -0.05) is 73.4 Å². The highest BCUT2D eigenvalue weighted by Crippen LogP contribution is 2.28. The van der Waals surface area contributed by atoms with Crippen LogP contribution < -0.4 is 16.4 Å². The van der Waals surface area contributed by atoms with Crippen molar-refractivity contribution in [2.45, 2.75) is 31.5 Å². The van der Waals surface area contributed by atoms with E-state index in [1.165, 1.54) is 22.4 Å². The highest BCUT2D eigenvalue weighted by molar-refractivity contribution is 7.90. The summed E-state index contributed by atoms with van der Waals surface area (Å²) in [5.41, 5.74) is 2.47. The molecule has 12 nitrogen and oxygen atoms in total. The van der Waals surface area contributed by atoms with Crippen LogP contribution in [0.1, 0.15) is 20.3 Å². The molecule has 4 heterocycles. The summed E-state index contributed by atoms with van der Waals surface area (Å²) in [6.45, 7) is 4.17. The van der Waals surface area contributed by atoms with E-state index in [0.717, 1.165) is 18.1 Å². The maximum absolute atomic E-state index is 12.9. The first kappa shape index (κ1) is 36.6. The fraction of sp³-hybridized carbons (Fsp3) is 0.257. The Morgan fingerprint density at radius 2 is 1.26 bits per heavy atom. The molecule has 1 unspecified atom stereocenters. The molecule has 15 heteroatoms. The number of aliphatic hydroxyl groups excluding tert-OH is 1. The Bertz CT molecular complexity index is 2450. The van der Waals surface area contributed by atoms with E-state index in [2.05, 4.69) is 39.1 Å². The van der Waals surface area contributed by atoms with Crippen LogP contribution in [0, 0.1) is 5.92 Å². The zero-order chi connectivity index (χ0) is 36.3. The number of fused-ring (bicyclic) bond motifs is 2. The largest absolute Gasteiger partial charge is 0.394 e. The number of anilines is 1. The SMILES string of the molecule is CC(C)CC(CO)Nc1ncc2cc(-c3ccccc3Cl)c(=O)n(C)c2n1.Cn1c(=O)c(-c2ccccc2Cl)cc2cnc(S(C)(=O)=O)nc21. The number of hydrogen-bond donors (Lipinski definition) is 2. The molecule has 2 N–H and O–H groups in total. The highest BCUT2D eigenvalue weighted by atomic mass is 35.5. The highest BCUT2D eigenvalue weighted by Gasteiger charge is 2.18. The van der Waals surface area contributed by atoms with E-state index in [-0.39, 0.29) is 34.6 Å². The molecule has 0 radical (unpaired) electrons. The second-order valence-electron chi connectivity index (χ2n) is 12.1. The lowest BCUT2D eigenvalue weighted by molar-refractivity contribution is 0.259. The molecule has 0 aliphatic heterocycles. The van der Waals surface area contributed by atoms with Crippen LogP contribution >= 0.6 is 23.2 Å². The van der Waals surface area contributed by atoms with Crippen molar-refractivity contribution in [2.75, 3.05) is 18.2 Å². The average Bonchev–Trinajstić information content (AvgIpc) is 3.08. The van der Waals surface area contributed by atoms with E-state index in [0.29, 0.717) is 55.2 Å². The molecular formula is C35H35Cl2N7O5S. The minimum absolute atomic E-state index is 0.00997. The number of pyridine rings is 2. The Balaban J connectivity index is 0.000000197. The van der Waals surface area contributed by atoms with Crippen molar-refractivity contribution in [3.8, 4) is 22.3 Å². The van der Waals surface area contributed by atoms with Gasteiger partial charge in [0, 0.05) is 75.8 Å². The minimum atomic E-state index is -3.55. The summed E-state index contributed by atoms with van der Waals surface area (Å²) in [5.74, 6) is 0.820. The first-order valence-electron chi connectivity index (χ1n) is 15.5. The molecule has 0 fully saturated rings. The molecule has 0 amide bonds. The maximum atomic E-state index is 12.9. The monoisotopic (exact) mass is 735 g/mol. The van der Waals surface area contributed by atoms with Crippen LogP contribution in [0.4, 0.5) is 5.95 Å². The number of hydrogen-bond acceptors (Lipinski definition) is 10. The first-order chi connectivity index (χ1) is 23.7. The van der Waals surface area contributed by atoms with E-state index < -0.39 is 9.84 Å². The molecule has 0 bridgehead atoms. The van der Waals surface area contributed by atoms with E-state index >= 15 is 0 Å². The van der Waals surface area contributed by atoms with Crippen molar-refractivity contribution < 1.29 is 13.5 Å². The summed E-state index contributed by atoms with van der Waals surface area (Å²) < 4.78 is 25.9. The third-order valence-corrected chi connectivity index (χ3v) is 9.36. The topological polar surface area (TPSA) is 162 Å². The summed E-state index contributed by atoms with van der Waals surface area (Å²) >= 11 is 12.4. The van der Waals surface area contributed by atoms with E-state index in [4.69, 9.17) is 23.2 Å². The van der Waals surface area contributed by atoms with Crippen molar-refractivity contribution in [3.05, 3.63) is 104 Å². The number of aliphatic hydroxyl groups is 1. The molecule has 50 heavy (non-hydrogen) atoms. The summed E-state index contributed by atoms with van der Waals surface area (Å²) in [6, 6.07) is 17.5. The van der Waals surface area contributed by atoms with Crippen molar-refractivity contribution in [1.29, 1.82) is 0 Å². The quantitative estimate of drug-likeness (QED) is 0.190. The summed E-state index contributed by atoms with van der Waals surface area (Å²) in [5, 5.41) is 14.6. The lowest BCUT2D eigenvalue weighted by atomic mass is 10.0. The maximum Gasteiger partial charge on any atom is 0.259 e. The zero-order valence-electron chi connectivity index (χ0n) is 27.9.